The van der Waals surface area contributed by atoms with Crippen molar-refractivity contribution in [2.45, 2.75) is 39.2 Å². The summed E-state index contributed by atoms with van der Waals surface area (Å²) in [7, 11) is 0. The Morgan fingerprint density at radius 2 is 1.95 bits per heavy atom. The third-order valence-electron chi connectivity index (χ3n) is 3.33. The molecule has 1 fully saturated rings. The molecule has 0 saturated carbocycles. The highest BCUT2D eigenvalue weighted by molar-refractivity contribution is 5.81. The summed E-state index contributed by atoms with van der Waals surface area (Å²) >= 11 is 0. The molecule has 1 atom stereocenters. The van der Waals surface area contributed by atoms with E-state index in [2.05, 4.69) is 11.0 Å². The Morgan fingerprint density at radius 3 is 2.37 bits per heavy atom. The van der Waals surface area contributed by atoms with Crippen LogP contribution in [-0.2, 0) is 4.79 Å². The van der Waals surface area contributed by atoms with Crippen LogP contribution in [0.1, 0.15) is 33.6 Å². The number of carbonyl (C=O) groups is 1. The minimum Gasteiger partial charge on any atom is -0.389 e. The van der Waals surface area contributed by atoms with Crippen molar-refractivity contribution < 1.29 is 9.90 Å². The first kappa shape index (κ1) is 15.9. The van der Waals surface area contributed by atoms with Gasteiger partial charge in [-0.3, -0.25) is 9.69 Å². The summed E-state index contributed by atoms with van der Waals surface area (Å²) < 4.78 is 0. The van der Waals surface area contributed by atoms with Gasteiger partial charge in [0.1, 0.15) is 5.92 Å². The second-order valence-electron chi connectivity index (χ2n) is 5.88. The molecule has 0 aromatic heterocycles. The van der Waals surface area contributed by atoms with Crippen LogP contribution in [-0.4, -0.2) is 59.1 Å². The standard InChI is InChI=1S/C14H25N3O2/c1-4-5-12(10-15)13(18)17-8-6-16(7-9-17)11-14(2,3)19/h12,19H,4-9,11H2,1-3H3. The number of nitrogens with zero attached hydrogens (tertiary/aromatic N) is 3. The lowest BCUT2D eigenvalue weighted by atomic mass is 10.0. The molecular formula is C14H25N3O2. The lowest BCUT2D eigenvalue weighted by Crippen LogP contribution is -2.53. The Bertz CT molecular complexity index is 336. The van der Waals surface area contributed by atoms with Gasteiger partial charge in [0, 0.05) is 32.7 Å². The van der Waals surface area contributed by atoms with E-state index in [0.29, 0.717) is 26.1 Å². The zero-order valence-corrected chi connectivity index (χ0v) is 12.2. The maximum Gasteiger partial charge on any atom is 0.240 e. The lowest BCUT2D eigenvalue weighted by Gasteiger charge is -2.37. The van der Waals surface area contributed by atoms with Crippen molar-refractivity contribution in [2.75, 3.05) is 32.7 Å². The molecule has 108 valence electrons. The SMILES string of the molecule is CCCC(C#N)C(=O)N1CCN(CC(C)(C)O)CC1. The molecule has 1 unspecified atom stereocenters. The smallest absolute Gasteiger partial charge is 0.240 e. The van der Waals surface area contributed by atoms with E-state index >= 15 is 0 Å². The summed E-state index contributed by atoms with van der Waals surface area (Å²) in [4.78, 5) is 16.1. The molecule has 1 aliphatic rings. The molecule has 1 heterocycles. The first-order valence-electron chi connectivity index (χ1n) is 7.00. The lowest BCUT2D eigenvalue weighted by molar-refractivity contribution is -0.136. The van der Waals surface area contributed by atoms with E-state index in [4.69, 9.17) is 5.26 Å². The van der Waals surface area contributed by atoms with Gasteiger partial charge in [-0.15, -0.1) is 0 Å². The molecule has 1 N–H and O–H groups in total. The fourth-order valence-electron chi connectivity index (χ4n) is 2.43. The second-order valence-corrected chi connectivity index (χ2v) is 5.88. The maximum atomic E-state index is 12.1. The van der Waals surface area contributed by atoms with Crippen LogP contribution in [0.5, 0.6) is 0 Å². The molecule has 0 spiro atoms. The zero-order valence-electron chi connectivity index (χ0n) is 12.2. The van der Waals surface area contributed by atoms with Crippen LogP contribution in [0.15, 0.2) is 0 Å². The van der Waals surface area contributed by atoms with Crippen molar-refractivity contribution in [2.24, 2.45) is 5.92 Å². The Kier molecular flexibility index (Phi) is 5.77. The molecule has 0 radical (unpaired) electrons. The average Bonchev–Trinajstić information content (AvgIpc) is 2.34. The molecule has 5 heteroatoms. The number of β-amino-alcohol motifs (C(OH)–C–C–N with tert-alkyl or cyclic N) is 1. The topological polar surface area (TPSA) is 67.6 Å². The third-order valence-corrected chi connectivity index (χ3v) is 3.33. The number of piperazine rings is 1. The Hall–Kier alpha value is -1.12. The summed E-state index contributed by atoms with van der Waals surface area (Å²) in [5, 5.41) is 18.8. The van der Waals surface area contributed by atoms with Crippen LogP contribution in [0.25, 0.3) is 0 Å². The van der Waals surface area contributed by atoms with Crippen molar-refractivity contribution in [3.8, 4) is 6.07 Å². The van der Waals surface area contributed by atoms with Gasteiger partial charge in [-0.25, -0.2) is 0 Å². The predicted octanol–water partition coefficient (Wildman–Crippen LogP) is 0.841. The fourth-order valence-corrected chi connectivity index (χ4v) is 2.43. The van der Waals surface area contributed by atoms with Crippen molar-refractivity contribution in [3.63, 3.8) is 0 Å². The third kappa shape index (κ3) is 5.17. The summed E-state index contributed by atoms with van der Waals surface area (Å²) in [5.74, 6) is -0.530. The molecule has 1 amide bonds. The van der Waals surface area contributed by atoms with E-state index in [9.17, 15) is 9.90 Å². The number of rotatable bonds is 5. The predicted molar refractivity (Wildman–Crippen MR) is 73.3 cm³/mol. The van der Waals surface area contributed by atoms with E-state index in [1.54, 1.807) is 18.7 Å². The van der Waals surface area contributed by atoms with Crippen LogP contribution in [0.2, 0.25) is 0 Å². The normalized spacial score (nSPS) is 19.0. The number of aliphatic hydroxyl groups is 1. The molecule has 1 saturated heterocycles. The first-order valence-corrected chi connectivity index (χ1v) is 7.00. The summed E-state index contributed by atoms with van der Waals surface area (Å²) in [6, 6.07) is 2.10. The van der Waals surface area contributed by atoms with E-state index < -0.39 is 11.5 Å². The van der Waals surface area contributed by atoms with Gasteiger partial charge >= 0.3 is 0 Å². The van der Waals surface area contributed by atoms with Crippen molar-refractivity contribution in [3.05, 3.63) is 0 Å². The highest BCUT2D eigenvalue weighted by Crippen LogP contribution is 2.13. The number of hydrogen-bond acceptors (Lipinski definition) is 4. The Morgan fingerprint density at radius 1 is 1.37 bits per heavy atom. The van der Waals surface area contributed by atoms with Crippen molar-refractivity contribution in [1.82, 2.24) is 9.80 Å². The number of nitriles is 1. The summed E-state index contributed by atoms with van der Waals surface area (Å²) in [6.45, 7) is 9.01. The molecule has 1 aliphatic heterocycles. The van der Waals surface area contributed by atoms with Gasteiger partial charge in [0.15, 0.2) is 0 Å². The van der Waals surface area contributed by atoms with E-state index in [0.717, 1.165) is 19.5 Å². The van der Waals surface area contributed by atoms with Gasteiger partial charge in [0.2, 0.25) is 5.91 Å². The molecular weight excluding hydrogens is 242 g/mol. The highest BCUT2D eigenvalue weighted by Gasteiger charge is 2.28. The molecule has 5 nitrogen and oxygen atoms in total. The van der Waals surface area contributed by atoms with E-state index in [-0.39, 0.29) is 5.91 Å². The summed E-state index contributed by atoms with van der Waals surface area (Å²) in [5.41, 5.74) is -0.705. The number of carbonyl (C=O) groups excluding carboxylic acids is 1. The van der Waals surface area contributed by atoms with E-state index in [1.807, 2.05) is 6.92 Å². The van der Waals surface area contributed by atoms with Crippen LogP contribution in [0.3, 0.4) is 0 Å². The highest BCUT2D eigenvalue weighted by atomic mass is 16.3. The van der Waals surface area contributed by atoms with Gasteiger partial charge < -0.3 is 10.0 Å². The van der Waals surface area contributed by atoms with Crippen molar-refractivity contribution in [1.29, 1.82) is 5.26 Å². The maximum absolute atomic E-state index is 12.1. The molecule has 0 bridgehead atoms. The largest absolute Gasteiger partial charge is 0.389 e. The average molecular weight is 267 g/mol. The number of amides is 1. The molecule has 19 heavy (non-hydrogen) atoms. The van der Waals surface area contributed by atoms with Crippen LogP contribution in [0, 0.1) is 17.2 Å². The van der Waals surface area contributed by atoms with Gasteiger partial charge in [-0.2, -0.15) is 5.26 Å². The van der Waals surface area contributed by atoms with Crippen LogP contribution in [0.4, 0.5) is 0 Å². The fraction of sp³-hybridized carbons (Fsp3) is 0.857. The van der Waals surface area contributed by atoms with E-state index in [1.165, 1.54) is 0 Å². The van der Waals surface area contributed by atoms with Gasteiger partial charge in [0.25, 0.3) is 0 Å². The first-order chi connectivity index (χ1) is 8.87. The van der Waals surface area contributed by atoms with Crippen molar-refractivity contribution >= 4 is 5.91 Å². The quantitative estimate of drug-likeness (QED) is 0.801. The summed E-state index contributed by atoms with van der Waals surface area (Å²) in [6.07, 6.45) is 1.49. The minimum atomic E-state index is -0.705. The molecule has 0 aromatic rings. The molecule has 1 rings (SSSR count). The van der Waals surface area contributed by atoms with Crippen LogP contribution < -0.4 is 0 Å². The molecule has 0 aromatic carbocycles. The molecule has 0 aliphatic carbocycles. The van der Waals surface area contributed by atoms with Gasteiger partial charge in [-0.1, -0.05) is 13.3 Å². The monoisotopic (exact) mass is 267 g/mol. The second kappa shape index (κ2) is 6.88. The van der Waals surface area contributed by atoms with Gasteiger partial charge in [-0.05, 0) is 20.3 Å². The Labute approximate surface area is 115 Å². The Balaban J connectivity index is 2.45. The zero-order chi connectivity index (χ0) is 14.5. The number of hydrogen-bond donors (Lipinski definition) is 1. The van der Waals surface area contributed by atoms with Crippen LogP contribution >= 0.6 is 0 Å². The van der Waals surface area contributed by atoms with Gasteiger partial charge in [0.05, 0.1) is 11.7 Å². The minimum absolute atomic E-state index is 0.0349.